The summed E-state index contributed by atoms with van der Waals surface area (Å²) in [5, 5.41) is 12.0. The molecule has 0 fully saturated rings. The van der Waals surface area contributed by atoms with Crippen LogP contribution in [0.5, 0.6) is 5.75 Å². The molecule has 1 aromatic carbocycles. The van der Waals surface area contributed by atoms with Gasteiger partial charge in [-0.15, -0.1) is 0 Å². The third-order valence-electron chi connectivity index (χ3n) is 1.77. The van der Waals surface area contributed by atoms with Gasteiger partial charge < -0.3 is 4.74 Å². The van der Waals surface area contributed by atoms with E-state index in [2.05, 4.69) is 26.2 Å². The van der Waals surface area contributed by atoms with E-state index in [1.54, 1.807) is 19.2 Å². The van der Waals surface area contributed by atoms with Gasteiger partial charge in [-0.05, 0) is 34.3 Å². The molecule has 0 heterocycles. The van der Waals surface area contributed by atoms with Crippen molar-refractivity contribution in [1.82, 2.24) is 5.32 Å². The molecule has 0 aliphatic heterocycles. The largest absolute Gasteiger partial charge is 0.493 e. The van der Waals surface area contributed by atoms with Crippen LogP contribution in [0.4, 0.5) is 5.69 Å². The molecule has 0 atom stereocenters. The Kier molecular flexibility index (Phi) is 5.62. The number of methoxy groups -OCH3 is 1. The number of hydrogen-bond acceptors (Lipinski definition) is 4. The van der Waals surface area contributed by atoms with Crippen molar-refractivity contribution in [3.63, 3.8) is 0 Å². The van der Waals surface area contributed by atoms with Crippen molar-refractivity contribution >= 4 is 50.1 Å². The predicted molar refractivity (Wildman–Crippen MR) is 75.1 cm³/mol. The Morgan fingerprint density at radius 2 is 2.35 bits per heavy atom. The fourth-order valence-corrected chi connectivity index (χ4v) is 2.41. The minimum Gasteiger partial charge on any atom is -0.493 e. The van der Waals surface area contributed by atoms with Crippen LogP contribution in [0.25, 0.3) is 0 Å². The fourth-order valence-electron chi connectivity index (χ4n) is 1.11. The molecule has 90 valence electrons. The summed E-state index contributed by atoms with van der Waals surface area (Å²) in [5.41, 5.74) is 0.555. The maximum Gasteiger partial charge on any atom is 0.183 e. The van der Waals surface area contributed by atoms with Crippen LogP contribution in [0.3, 0.4) is 0 Å². The Labute approximate surface area is 117 Å². The molecule has 0 aromatic heterocycles. The number of nitriles is 1. The molecule has 4 nitrogen and oxygen atoms in total. The van der Waals surface area contributed by atoms with Crippen LogP contribution in [-0.4, -0.2) is 18.5 Å². The molecule has 0 aliphatic rings. The van der Waals surface area contributed by atoms with E-state index in [1.807, 2.05) is 12.4 Å². The van der Waals surface area contributed by atoms with Crippen molar-refractivity contribution in [2.24, 2.45) is 4.99 Å². The molecule has 0 amide bonds. The van der Waals surface area contributed by atoms with Gasteiger partial charge in [-0.2, -0.15) is 5.26 Å². The van der Waals surface area contributed by atoms with E-state index in [4.69, 9.17) is 21.6 Å². The first-order valence-corrected chi connectivity index (χ1v) is 6.82. The van der Waals surface area contributed by atoms with E-state index in [1.165, 1.54) is 11.8 Å². The van der Waals surface area contributed by atoms with Crippen molar-refractivity contribution in [1.29, 1.82) is 5.26 Å². The average molecular weight is 335 g/mol. The van der Waals surface area contributed by atoms with Crippen LogP contribution in [0.2, 0.25) is 5.02 Å². The fraction of sp³-hybridized carbons (Fsp3) is 0.200. The molecule has 0 spiro atoms. The Hall–Kier alpha value is -0.900. The van der Waals surface area contributed by atoms with Crippen LogP contribution in [0.1, 0.15) is 0 Å². The number of amidine groups is 1. The van der Waals surface area contributed by atoms with E-state index >= 15 is 0 Å². The van der Waals surface area contributed by atoms with E-state index in [0.29, 0.717) is 26.1 Å². The van der Waals surface area contributed by atoms with Gasteiger partial charge in [0, 0.05) is 5.02 Å². The molecule has 0 aliphatic carbocycles. The average Bonchev–Trinajstić information content (AvgIpc) is 2.28. The summed E-state index contributed by atoms with van der Waals surface area (Å²) < 4.78 is 5.93. The van der Waals surface area contributed by atoms with Crippen molar-refractivity contribution in [2.45, 2.75) is 0 Å². The van der Waals surface area contributed by atoms with Gasteiger partial charge in [-0.1, -0.05) is 23.4 Å². The number of thioether (sulfide) groups is 1. The summed E-state index contributed by atoms with van der Waals surface area (Å²) in [6.07, 6.45) is 3.63. The Morgan fingerprint density at radius 1 is 1.65 bits per heavy atom. The summed E-state index contributed by atoms with van der Waals surface area (Å²) >= 11 is 10.6. The van der Waals surface area contributed by atoms with Gasteiger partial charge in [-0.3, -0.25) is 5.32 Å². The van der Waals surface area contributed by atoms with Gasteiger partial charge in [0.05, 0.1) is 11.6 Å². The molecular formula is C10H9BrClN3OS. The van der Waals surface area contributed by atoms with E-state index in [0.717, 1.165) is 0 Å². The van der Waals surface area contributed by atoms with Crippen LogP contribution in [0, 0.1) is 11.5 Å². The maximum absolute atomic E-state index is 8.56. The second-order valence-electron chi connectivity index (χ2n) is 2.80. The van der Waals surface area contributed by atoms with Crippen molar-refractivity contribution in [3.8, 4) is 11.9 Å². The lowest BCUT2D eigenvalue weighted by Crippen LogP contribution is -2.12. The second kappa shape index (κ2) is 6.74. The zero-order valence-corrected chi connectivity index (χ0v) is 12.3. The first-order valence-electron chi connectivity index (χ1n) is 4.43. The minimum absolute atomic E-state index is 0.472. The summed E-state index contributed by atoms with van der Waals surface area (Å²) in [5.74, 6) is 0.570. The Morgan fingerprint density at radius 3 is 2.88 bits per heavy atom. The number of benzene rings is 1. The van der Waals surface area contributed by atoms with Crippen molar-refractivity contribution in [2.75, 3.05) is 13.4 Å². The Bertz CT molecular complexity index is 487. The Balaban J connectivity index is 3.25. The van der Waals surface area contributed by atoms with E-state index < -0.39 is 0 Å². The summed E-state index contributed by atoms with van der Waals surface area (Å²) in [6.45, 7) is 0. The highest BCUT2D eigenvalue weighted by molar-refractivity contribution is 9.10. The molecule has 1 rings (SSSR count). The zero-order chi connectivity index (χ0) is 12.8. The molecule has 1 N–H and O–H groups in total. The SMILES string of the molecule is COc1c(Br)cc(Cl)cc1N=C(NC#N)SC. The first kappa shape index (κ1) is 14.2. The van der Waals surface area contributed by atoms with Gasteiger partial charge in [0.15, 0.2) is 17.1 Å². The number of rotatable bonds is 2. The second-order valence-corrected chi connectivity index (χ2v) is 4.88. The van der Waals surface area contributed by atoms with Crippen LogP contribution >= 0.6 is 39.3 Å². The van der Waals surface area contributed by atoms with Gasteiger partial charge in [0.1, 0.15) is 5.69 Å². The van der Waals surface area contributed by atoms with Gasteiger partial charge in [-0.25, -0.2) is 4.99 Å². The monoisotopic (exact) mass is 333 g/mol. The number of halogens is 2. The van der Waals surface area contributed by atoms with Crippen LogP contribution in [0.15, 0.2) is 21.6 Å². The number of hydrogen-bond donors (Lipinski definition) is 1. The standard InChI is InChI=1S/C10H9BrClN3OS/c1-16-9-7(11)3-6(12)4-8(9)15-10(17-2)14-5-13/h3-4H,1-2H3,(H,14,15). The summed E-state index contributed by atoms with van der Waals surface area (Å²) in [7, 11) is 1.55. The molecule has 0 saturated carbocycles. The molecule has 0 saturated heterocycles. The number of nitrogens with zero attached hydrogens (tertiary/aromatic N) is 2. The topological polar surface area (TPSA) is 57.4 Å². The predicted octanol–water partition coefficient (Wildman–Crippen LogP) is 3.53. The molecule has 7 heteroatoms. The molecule has 0 unspecified atom stereocenters. The van der Waals surface area contributed by atoms with Crippen LogP contribution in [-0.2, 0) is 0 Å². The molecule has 0 bridgehead atoms. The number of ether oxygens (including phenoxy) is 1. The summed E-state index contributed by atoms with van der Waals surface area (Å²) in [4.78, 5) is 4.27. The van der Waals surface area contributed by atoms with Gasteiger partial charge in [0.2, 0.25) is 0 Å². The number of aliphatic imine (C=N–C) groups is 1. The lowest BCUT2D eigenvalue weighted by atomic mass is 10.3. The highest BCUT2D eigenvalue weighted by Crippen LogP contribution is 2.38. The third kappa shape index (κ3) is 3.80. The number of nitrogens with one attached hydrogen (secondary N) is 1. The zero-order valence-electron chi connectivity index (χ0n) is 9.12. The smallest absolute Gasteiger partial charge is 0.183 e. The maximum atomic E-state index is 8.56. The van der Waals surface area contributed by atoms with Crippen molar-refractivity contribution in [3.05, 3.63) is 21.6 Å². The molecule has 17 heavy (non-hydrogen) atoms. The third-order valence-corrected chi connectivity index (χ3v) is 3.16. The molecule has 1 aromatic rings. The highest BCUT2D eigenvalue weighted by Gasteiger charge is 2.09. The molecular weight excluding hydrogens is 326 g/mol. The molecule has 0 radical (unpaired) electrons. The highest BCUT2D eigenvalue weighted by atomic mass is 79.9. The van der Waals surface area contributed by atoms with Crippen LogP contribution < -0.4 is 10.1 Å². The summed E-state index contributed by atoms with van der Waals surface area (Å²) in [6, 6.07) is 3.39. The van der Waals surface area contributed by atoms with E-state index in [-0.39, 0.29) is 0 Å². The lowest BCUT2D eigenvalue weighted by molar-refractivity contribution is 0.413. The quantitative estimate of drug-likeness (QED) is 0.389. The first-order chi connectivity index (χ1) is 8.12. The lowest BCUT2D eigenvalue weighted by Gasteiger charge is -2.08. The van der Waals surface area contributed by atoms with E-state index in [9.17, 15) is 0 Å². The van der Waals surface area contributed by atoms with Gasteiger partial charge in [0.25, 0.3) is 0 Å². The van der Waals surface area contributed by atoms with Gasteiger partial charge >= 0.3 is 0 Å². The normalized spacial score (nSPS) is 10.9. The minimum atomic E-state index is 0.472. The van der Waals surface area contributed by atoms with Crippen molar-refractivity contribution < 1.29 is 4.74 Å².